The molecular formula is C13H25NO3. The van der Waals surface area contributed by atoms with Gasteiger partial charge in [-0.3, -0.25) is 9.59 Å². The molecule has 0 bridgehead atoms. The van der Waals surface area contributed by atoms with Crippen LogP contribution in [0, 0.1) is 11.3 Å². The fourth-order valence-corrected chi connectivity index (χ4v) is 1.14. The van der Waals surface area contributed by atoms with Crippen molar-refractivity contribution in [3.8, 4) is 0 Å². The van der Waals surface area contributed by atoms with Crippen LogP contribution in [0.2, 0.25) is 0 Å². The summed E-state index contributed by atoms with van der Waals surface area (Å²) in [5, 5.41) is 0. The molecule has 0 aliphatic heterocycles. The van der Waals surface area contributed by atoms with E-state index in [0.717, 1.165) is 0 Å². The molecule has 17 heavy (non-hydrogen) atoms. The van der Waals surface area contributed by atoms with Gasteiger partial charge in [0.15, 0.2) is 0 Å². The zero-order valence-electron chi connectivity index (χ0n) is 11.6. The van der Waals surface area contributed by atoms with E-state index in [1.54, 1.807) is 0 Å². The number of ether oxygens (including phenoxy) is 1. The van der Waals surface area contributed by atoms with Crippen LogP contribution in [0.15, 0.2) is 0 Å². The molecule has 0 aromatic rings. The van der Waals surface area contributed by atoms with Gasteiger partial charge >= 0.3 is 5.97 Å². The Balaban J connectivity index is 3.92. The highest BCUT2D eigenvalue weighted by Crippen LogP contribution is 2.13. The van der Waals surface area contributed by atoms with Crippen LogP contribution in [0.5, 0.6) is 0 Å². The van der Waals surface area contributed by atoms with Gasteiger partial charge in [-0.15, -0.1) is 0 Å². The molecule has 0 aliphatic carbocycles. The third-order valence-corrected chi connectivity index (χ3v) is 2.20. The molecule has 100 valence electrons. The Morgan fingerprint density at radius 2 is 1.71 bits per heavy atom. The SMILES string of the molecule is CC(C)C(=O)CC(N)CC(=O)OCC(C)(C)C. The van der Waals surface area contributed by atoms with Gasteiger partial charge < -0.3 is 10.5 Å². The molecule has 2 N–H and O–H groups in total. The van der Waals surface area contributed by atoms with E-state index in [4.69, 9.17) is 10.5 Å². The summed E-state index contributed by atoms with van der Waals surface area (Å²) < 4.78 is 5.09. The van der Waals surface area contributed by atoms with Crippen LogP contribution >= 0.6 is 0 Å². The second-order valence-electron chi connectivity index (χ2n) is 6.01. The van der Waals surface area contributed by atoms with Crippen LogP contribution in [0.4, 0.5) is 0 Å². The quantitative estimate of drug-likeness (QED) is 0.723. The van der Waals surface area contributed by atoms with E-state index >= 15 is 0 Å². The third kappa shape index (κ3) is 8.86. The van der Waals surface area contributed by atoms with Crippen LogP contribution in [-0.2, 0) is 14.3 Å². The summed E-state index contributed by atoms with van der Waals surface area (Å²) in [5.41, 5.74) is 5.68. The number of nitrogens with two attached hydrogens (primary N) is 1. The molecular weight excluding hydrogens is 218 g/mol. The molecule has 0 fully saturated rings. The summed E-state index contributed by atoms with van der Waals surface area (Å²) in [6.07, 6.45) is 0.344. The number of carbonyl (C=O) groups excluding carboxylic acids is 2. The van der Waals surface area contributed by atoms with Crippen LogP contribution in [0.3, 0.4) is 0 Å². The molecule has 0 aromatic carbocycles. The Morgan fingerprint density at radius 3 is 2.12 bits per heavy atom. The zero-order chi connectivity index (χ0) is 13.6. The minimum atomic E-state index is -0.433. The van der Waals surface area contributed by atoms with Gasteiger partial charge in [-0.25, -0.2) is 0 Å². The van der Waals surface area contributed by atoms with Crippen molar-refractivity contribution in [2.45, 2.75) is 53.5 Å². The van der Waals surface area contributed by atoms with E-state index in [1.165, 1.54) is 0 Å². The van der Waals surface area contributed by atoms with E-state index in [2.05, 4.69) is 0 Å². The first kappa shape index (κ1) is 16.1. The smallest absolute Gasteiger partial charge is 0.307 e. The van der Waals surface area contributed by atoms with Crippen LogP contribution in [0.1, 0.15) is 47.5 Å². The molecule has 0 aliphatic rings. The van der Waals surface area contributed by atoms with Crippen molar-refractivity contribution in [3.63, 3.8) is 0 Å². The largest absolute Gasteiger partial charge is 0.465 e. The molecule has 0 spiro atoms. The predicted molar refractivity (Wildman–Crippen MR) is 67.5 cm³/mol. The van der Waals surface area contributed by atoms with E-state index in [9.17, 15) is 9.59 Å². The molecule has 0 heterocycles. The predicted octanol–water partition coefficient (Wildman–Crippen LogP) is 1.91. The summed E-state index contributed by atoms with van der Waals surface area (Å²) in [6.45, 7) is 9.99. The van der Waals surface area contributed by atoms with Crippen LogP contribution < -0.4 is 5.73 Å². The average molecular weight is 243 g/mol. The highest BCUT2D eigenvalue weighted by molar-refractivity contribution is 5.81. The highest BCUT2D eigenvalue weighted by Gasteiger charge is 2.18. The first-order chi connectivity index (χ1) is 7.61. The summed E-state index contributed by atoms with van der Waals surface area (Å²) in [7, 11) is 0. The lowest BCUT2D eigenvalue weighted by atomic mass is 9.98. The van der Waals surface area contributed by atoms with Gasteiger partial charge in [0.25, 0.3) is 0 Å². The Morgan fingerprint density at radius 1 is 1.18 bits per heavy atom. The Bertz CT molecular complexity index is 266. The van der Waals surface area contributed by atoms with Gasteiger partial charge in [0.2, 0.25) is 0 Å². The van der Waals surface area contributed by atoms with Crippen molar-refractivity contribution in [2.24, 2.45) is 17.1 Å². The molecule has 0 radical (unpaired) electrons. The molecule has 0 rings (SSSR count). The number of hydrogen-bond donors (Lipinski definition) is 1. The Labute approximate surface area is 104 Å². The maximum atomic E-state index is 11.4. The number of rotatable bonds is 6. The monoisotopic (exact) mass is 243 g/mol. The fraction of sp³-hybridized carbons (Fsp3) is 0.846. The van der Waals surface area contributed by atoms with Crippen molar-refractivity contribution in [2.75, 3.05) is 6.61 Å². The second-order valence-corrected chi connectivity index (χ2v) is 6.01. The minimum absolute atomic E-state index is 0.0355. The van der Waals surface area contributed by atoms with Crippen molar-refractivity contribution >= 4 is 11.8 Å². The first-order valence-electron chi connectivity index (χ1n) is 6.05. The summed E-state index contributed by atoms with van der Waals surface area (Å²) in [6, 6.07) is -0.433. The lowest BCUT2D eigenvalue weighted by molar-refractivity contribution is -0.146. The standard InChI is InChI=1S/C13H25NO3/c1-9(2)11(15)6-10(14)7-12(16)17-8-13(3,4)5/h9-10H,6-8,14H2,1-5H3. The highest BCUT2D eigenvalue weighted by atomic mass is 16.5. The van der Waals surface area contributed by atoms with Crippen molar-refractivity contribution in [1.29, 1.82) is 0 Å². The normalized spacial score (nSPS) is 13.6. The second kappa shape index (κ2) is 6.74. The van der Waals surface area contributed by atoms with E-state index in [-0.39, 0.29) is 35.9 Å². The first-order valence-corrected chi connectivity index (χ1v) is 6.05. The van der Waals surface area contributed by atoms with E-state index in [1.807, 2.05) is 34.6 Å². The van der Waals surface area contributed by atoms with Crippen LogP contribution in [-0.4, -0.2) is 24.4 Å². The van der Waals surface area contributed by atoms with E-state index in [0.29, 0.717) is 6.61 Å². The van der Waals surface area contributed by atoms with E-state index < -0.39 is 6.04 Å². The zero-order valence-corrected chi connectivity index (χ0v) is 11.6. The molecule has 0 aromatic heterocycles. The lowest BCUT2D eigenvalue weighted by Gasteiger charge is -2.18. The summed E-state index contributed by atoms with van der Waals surface area (Å²) in [4.78, 5) is 22.9. The molecule has 4 nitrogen and oxygen atoms in total. The number of hydrogen-bond acceptors (Lipinski definition) is 4. The van der Waals surface area contributed by atoms with Gasteiger partial charge in [0.1, 0.15) is 5.78 Å². The summed E-state index contributed by atoms with van der Waals surface area (Å²) in [5.74, 6) is -0.281. The van der Waals surface area contributed by atoms with Gasteiger partial charge in [-0.1, -0.05) is 34.6 Å². The third-order valence-electron chi connectivity index (χ3n) is 2.20. The Hall–Kier alpha value is -0.900. The molecule has 0 saturated heterocycles. The fourth-order valence-electron chi connectivity index (χ4n) is 1.14. The molecule has 4 heteroatoms. The van der Waals surface area contributed by atoms with Crippen LogP contribution in [0.25, 0.3) is 0 Å². The molecule has 0 saturated carbocycles. The topological polar surface area (TPSA) is 69.4 Å². The van der Waals surface area contributed by atoms with Gasteiger partial charge in [-0.2, -0.15) is 0 Å². The van der Waals surface area contributed by atoms with Gasteiger partial charge in [0.05, 0.1) is 13.0 Å². The van der Waals surface area contributed by atoms with Crippen molar-refractivity contribution in [1.82, 2.24) is 0 Å². The molecule has 0 amide bonds. The lowest BCUT2D eigenvalue weighted by Crippen LogP contribution is -2.30. The Kier molecular flexibility index (Phi) is 6.39. The maximum Gasteiger partial charge on any atom is 0.307 e. The maximum absolute atomic E-state index is 11.4. The van der Waals surface area contributed by atoms with Crippen molar-refractivity contribution in [3.05, 3.63) is 0 Å². The number of carbonyl (C=O) groups is 2. The summed E-state index contributed by atoms with van der Waals surface area (Å²) >= 11 is 0. The molecule has 1 atom stereocenters. The number of Topliss-reactive ketones (excluding diaryl/α,β-unsaturated/α-hetero) is 1. The average Bonchev–Trinajstić information content (AvgIpc) is 2.13. The number of ketones is 1. The van der Waals surface area contributed by atoms with Gasteiger partial charge in [0, 0.05) is 18.4 Å². The number of esters is 1. The van der Waals surface area contributed by atoms with Gasteiger partial charge in [-0.05, 0) is 5.41 Å². The van der Waals surface area contributed by atoms with Crippen molar-refractivity contribution < 1.29 is 14.3 Å². The molecule has 1 unspecified atom stereocenters. The minimum Gasteiger partial charge on any atom is -0.465 e.